The molecular weight excluding hydrogens is 304 g/mol. The monoisotopic (exact) mass is 324 g/mol. The van der Waals surface area contributed by atoms with Gasteiger partial charge in [0, 0.05) is 6.54 Å². The van der Waals surface area contributed by atoms with Crippen molar-refractivity contribution in [3.8, 4) is 0 Å². The van der Waals surface area contributed by atoms with E-state index in [-0.39, 0.29) is 6.03 Å². The number of rotatable bonds is 3. The summed E-state index contributed by atoms with van der Waals surface area (Å²) in [4.78, 5) is 27.8. The normalized spacial score (nSPS) is 17.3. The summed E-state index contributed by atoms with van der Waals surface area (Å²) in [6.45, 7) is 0.464. The van der Waals surface area contributed by atoms with Gasteiger partial charge < -0.3 is 10.0 Å². The van der Waals surface area contributed by atoms with Crippen LogP contribution in [0.3, 0.4) is 0 Å². The lowest BCUT2D eigenvalue weighted by atomic mass is 10.0. The van der Waals surface area contributed by atoms with Gasteiger partial charge >= 0.3 is 12.0 Å². The van der Waals surface area contributed by atoms with Gasteiger partial charge in [-0.1, -0.05) is 36.4 Å². The number of benzene rings is 2. The van der Waals surface area contributed by atoms with Crippen LogP contribution < -0.4 is 4.90 Å². The standard InChI is InChI=1S/C19H20N2O3/c22-18(23)17-13-7-8-14-20(17)19(24)21(15-9-3-1-4-10-15)16-11-5-2-6-12-16/h1-6,9-12,17H,7-8,13-14H2,(H,22,23). The van der Waals surface area contributed by atoms with E-state index in [1.54, 1.807) is 4.90 Å². The van der Waals surface area contributed by atoms with E-state index in [4.69, 9.17) is 0 Å². The molecule has 1 saturated heterocycles. The van der Waals surface area contributed by atoms with Crippen molar-refractivity contribution in [1.82, 2.24) is 4.90 Å². The number of carbonyl (C=O) groups excluding carboxylic acids is 1. The molecule has 1 aliphatic heterocycles. The minimum absolute atomic E-state index is 0.292. The van der Waals surface area contributed by atoms with Gasteiger partial charge in [-0.25, -0.2) is 9.59 Å². The first kappa shape index (κ1) is 16.1. The minimum Gasteiger partial charge on any atom is -0.480 e. The zero-order valence-corrected chi connectivity index (χ0v) is 13.3. The van der Waals surface area contributed by atoms with Crippen LogP contribution in [0.25, 0.3) is 0 Å². The molecule has 5 nitrogen and oxygen atoms in total. The molecule has 0 aromatic heterocycles. The van der Waals surface area contributed by atoms with E-state index in [1.165, 1.54) is 4.90 Å². The summed E-state index contributed by atoms with van der Waals surface area (Å²) < 4.78 is 0. The number of carbonyl (C=O) groups is 2. The molecule has 3 rings (SSSR count). The van der Waals surface area contributed by atoms with E-state index in [9.17, 15) is 14.7 Å². The maximum atomic E-state index is 13.2. The second-order valence-electron chi connectivity index (χ2n) is 5.83. The summed E-state index contributed by atoms with van der Waals surface area (Å²) in [6, 6.07) is 17.6. The summed E-state index contributed by atoms with van der Waals surface area (Å²) in [5.74, 6) is -0.941. The van der Waals surface area contributed by atoms with Gasteiger partial charge in [0.2, 0.25) is 0 Å². The number of nitrogens with zero attached hydrogens (tertiary/aromatic N) is 2. The largest absolute Gasteiger partial charge is 0.480 e. The zero-order chi connectivity index (χ0) is 16.9. The number of likely N-dealkylation sites (tertiary alicyclic amines) is 1. The summed E-state index contributed by atoms with van der Waals surface area (Å²) in [6.07, 6.45) is 2.16. The number of hydrogen-bond donors (Lipinski definition) is 1. The summed E-state index contributed by atoms with van der Waals surface area (Å²) in [5.41, 5.74) is 1.45. The summed E-state index contributed by atoms with van der Waals surface area (Å²) in [7, 11) is 0. The van der Waals surface area contributed by atoms with Gasteiger partial charge in [0.15, 0.2) is 0 Å². The molecule has 0 saturated carbocycles. The van der Waals surface area contributed by atoms with E-state index in [0.717, 1.165) is 24.2 Å². The molecule has 1 heterocycles. The molecule has 0 radical (unpaired) electrons. The van der Waals surface area contributed by atoms with Crippen molar-refractivity contribution in [1.29, 1.82) is 0 Å². The molecule has 1 atom stereocenters. The smallest absolute Gasteiger partial charge is 0.329 e. The quantitative estimate of drug-likeness (QED) is 0.932. The van der Waals surface area contributed by atoms with Gasteiger partial charge in [0.25, 0.3) is 0 Å². The zero-order valence-electron chi connectivity index (χ0n) is 13.3. The maximum Gasteiger partial charge on any atom is 0.329 e. The van der Waals surface area contributed by atoms with Crippen molar-refractivity contribution in [2.24, 2.45) is 0 Å². The third-order valence-electron chi connectivity index (χ3n) is 4.25. The first-order valence-electron chi connectivity index (χ1n) is 8.12. The number of carboxylic acids is 1. The number of para-hydroxylation sites is 2. The topological polar surface area (TPSA) is 60.9 Å². The number of piperidine rings is 1. The van der Waals surface area contributed by atoms with Crippen molar-refractivity contribution in [2.45, 2.75) is 25.3 Å². The molecule has 124 valence electrons. The number of aliphatic carboxylic acids is 1. The molecule has 1 fully saturated rings. The molecule has 2 aromatic carbocycles. The van der Waals surface area contributed by atoms with Gasteiger partial charge in [0.1, 0.15) is 6.04 Å². The SMILES string of the molecule is O=C(O)C1CCCCN1C(=O)N(c1ccccc1)c1ccccc1. The Kier molecular flexibility index (Phi) is 4.79. The Balaban J connectivity index is 1.99. The molecule has 24 heavy (non-hydrogen) atoms. The van der Waals surface area contributed by atoms with Crippen LogP contribution in [-0.2, 0) is 4.79 Å². The Morgan fingerprint density at radius 2 is 1.46 bits per heavy atom. The fraction of sp³-hybridized carbons (Fsp3) is 0.263. The van der Waals surface area contributed by atoms with Gasteiger partial charge in [0.05, 0.1) is 11.4 Å². The molecule has 1 aliphatic rings. The molecule has 1 N–H and O–H groups in total. The second kappa shape index (κ2) is 7.17. The van der Waals surface area contributed by atoms with Crippen LogP contribution in [0.5, 0.6) is 0 Å². The molecule has 2 aromatic rings. The van der Waals surface area contributed by atoms with E-state index < -0.39 is 12.0 Å². The Labute approximate surface area is 141 Å². The lowest BCUT2D eigenvalue weighted by molar-refractivity contribution is -0.143. The molecular formula is C19H20N2O3. The van der Waals surface area contributed by atoms with E-state index in [1.807, 2.05) is 60.7 Å². The van der Waals surface area contributed by atoms with Crippen LogP contribution in [0.4, 0.5) is 16.2 Å². The number of anilines is 2. The predicted molar refractivity (Wildman–Crippen MR) is 92.4 cm³/mol. The molecule has 0 bridgehead atoms. The van der Waals surface area contributed by atoms with E-state index in [0.29, 0.717) is 13.0 Å². The Morgan fingerprint density at radius 3 is 1.96 bits per heavy atom. The highest BCUT2D eigenvalue weighted by atomic mass is 16.4. The lowest BCUT2D eigenvalue weighted by Crippen LogP contribution is -2.52. The highest BCUT2D eigenvalue weighted by Crippen LogP contribution is 2.29. The van der Waals surface area contributed by atoms with Crippen LogP contribution in [-0.4, -0.2) is 34.6 Å². The number of carboxylic acid groups (broad SMARTS) is 1. The predicted octanol–water partition coefficient (Wildman–Crippen LogP) is 3.88. The molecule has 0 aliphatic carbocycles. The van der Waals surface area contributed by atoms with Crippen LogP contribution >= 0.6 is 0 Å². The number of urea groups is 1. The Bertz CT molecular complexity index is 664. The fourth-order valence-electron chi connectivity index (χ4n) is 3.07. The average molecular weight is 324 g/mol. The highest BCUT2D eigenvalue weighted by Gasteiger charge is 2.35. The van der Waals surface area contributed by atoms with Gasteiger partial charge in [-0.3, -0.25) is 4.90 Å². The maximum absolute atomic E-state index is 13.2. The van der Waals surface area contributed by atoms with Crippen LogP contribution in [0.2, 0.25) is 0 Å². The number of hydrogen-bond acceptors (Lipinski definition) is 2. The van der Waals surface area contributed by atoms with Gasteiger partial charge in [-0.05, 0) is 43.5 Å². The fourth-order valence-corrected chi connectivity index (χ4v) is 3.07. The average Bonchev–Trinajstić information content (AvgIpc) is 2.63. The Morgan fingerprint density at radius 1 is 0.917 bits per heavy atom. The van der Waals surface area contributed by atoms with Crippen LogP contribution in [0.15, 0.2) is 60.7 Å². The molecule has 1 unspecified atom stereocenters. The molecule has 2 amide bonds. The van der Waals surface area contributed by atoms with Crippen molar-refractivity contribution in [3.63, 3.8) is 0 Å². The van der Waals surface area contributed by atoms with Crippen LogP contribution in [0, 0.1) is 0 Å². The lowest BCUT2D eigenvalue weighted by Gasteiger charge is -2.37. The summed E-state index contributed by atoms with van der Waals surface area (Å²) in [5, 5.41) is 9.47. The van der Waals surface area contributed by atoms with Crippen LogP contribution in [0.1, 0.15) is 19.3 Å². The summed E-state index contributed by atoms with van der Waals surface area (Å²) >= 11 is 0. The Hall–Kier alpha value is -2.82. The first-order valence-corrected chi connectivity index (χ1v) is 8.12. The number of amides is 2. The van der Waals surface area contributed by atoms with Gasteiger partial charge in [-0.15, -0.1) is 0 Å². The molecule has 0 spiro atoms. The van der Waals surface area contributed by atoms with Crippen molar-refractivity contribution >= 4 is 23.4 Å². The van der Waals surface area contributed by atoms with Gasteiger partial charge in [-0.2, -0.15) is 0 Å². The first-order chi connectivity index (χ1) is 11.7. The van der Waals surface area contributed by atoms with Crippen molar-refractivity contribution in [3.05, 3.63) is 60.7 Å². The molecule has 5 heteroatoms. The van der Waals surface area contributed by atoms with Crippen molar-refractivity contribution in [2.75, 3.05) is 11.4 Å². The second-order valence-corrected chi connectivity index (χ2v) is 5.83. The highest BCUT2D eigenvalue weighted by molar-refractivity contribution is 6.01. The van der Waals surface area contributed by atoms with E-state index in [2.05, 4.69) is 0 Å². The van der Waals surface area contributed by atoms with E-state index >= 15 is 0 Å². The minimum atomic E-state index is -0.941. The third kappa shape index (κ3) is 3.25. The third-order valence-corrected chi connectivity index (χ3v) is 4.25. The van der Waals surface area contributed by atoms with Crippen molar-refractivity contribution < 1.29 is 14.7 Å².